The Bertz CT molecular complexity index is 1140. The number of benzene rings is 2. The molecule has 0 aromatic heterocycles. The van der Waals surface area contributed by atoms with Crippen molar-refractivity contribution < 1.29 is 33.3 Å². The van der Waals surface area contributed by atoms with Gasteiger partial charge in [0.2, 0.25) is 6.10 Å². The molecule has 3 fully saturated rings. The van der Waals surface area contributed by atoms with E-state index in [0.29, 0.717) is 43.6 Å². The summed E-state index contributed by atoms with van der Waals surface area (Å²) in [5.41, 5.74) is -1.36. The second-order valence-electron chi connectivity index (χ2n) is 9.42. The average Bonchev–Trinajstić information content (AvgIpc) is 2.85. The third kappa shape index (κ3) is 4.75. The first kappa shape index (κ1) is 23.7. The molecule has 3 aliphatic carbocycles. The fourth-order valence-electron chi connectivity index (χ4n) is 5.18. The van der Waals surface area contributed by atoms with Crippen LogP contribution in [0.2, 0.25) is 5.02 Å². The smallest absolute Gasteiger partial charge is 0.265 e. The number of nitrogens with one attached hydrogen (secondary N) is 2. The fourth-order valence-corrected chi connectivity index (χ4v) is 5.30. The van der Waals surface area contributed by atoms with Gasteiger partial charge >= 0.3 is 0 Å². The number of amides is 2. The zero-order chi connectivity index (χ0) is 24.6. The number of hydrogen-bond acceptors (Lipinski definition) is 6. The van der Waals surface area contributed by atoms with E-state index in [-0.39, 0.29) is 35.8 Å². The summed E-state index contributed by atoms with van der Waals surface area (Å²) >= 11 is 5.66. The molecule has 2 bridgehead atoms. The molecule has 0 radical (unpaired) electrons. The topological polar surface area (TPSA) is 106 Å². The highest BCUT2D eigenvalue weighted by atomic mass is 35.5. The van der Waals surface area contributed by atoms with Gasteiger partial charge in [-0.2, -0.15) is 0 Å². The quantitative estimate of drug-likeness (QED) is 0.558. The van der Waals surface area contributed by atoms with E-state index in [1.54, 1.807) is 18.2 Å². The van der Waals surface area contributed by atoms with Crippen molar-refractivity contribution in [3.63, 3.8) is 0 Å². The van der Waals surface area contributed by atoms with Crippen LogP contribution in [0.4, 0.5) is 4.39 Å². The minimum atomic E-state index is -0.836. The number of rotatable bonds is 6. The van der Waals surface area contributed by atoms with Gasteiger partial charge in [0.15, 0.2) is 18.1 Å². The van der Waals surface area contributed by atoms with E-state index in [1.165, 1.54) is 12.1 Å². The molecule has 1 heterocycles. The normalized spacial score (nSPS) is 28.8. The van der Waals surface area contributed by atoms with Crippen LogP contribution < -0.4 is 24.8 Å². The van der Waals surface area contributed by atoms with Crippen LogP contribution in [-0.2, 0) is 9.59 Å². The van der Waals surface area contributed by atoms with Crippen molar-refractivity contribution in [2.75, 3.05) is 13.2 Å². The molecule has 186 valence electrons. The lowest BCUT2D eigenvalue weighted by molar-refractivity contribution is -0.141. The van der Waals surface area contributed by atoms with Gasteiger partial charge in [-0.05, 0) is 56.4 Å². The highest BCUT2D eigenvalue weighted by Gasteiger charge is 2.55. The summed E-state index contributed by atoms with van der Waals surface area (Å²) in [5, 5.41) is 17.0. The van der Waals surface area contributed by atoms with E-state index in [0.717, 1.165) is 6.07 Å². The summed E-state index contributed by atoms with van der Waals surface area (Å²) in [6.07, 6.45) is 0.861. The third-order valence-electron chi connectivity index (χ3n) is 7.16. The highest BCUT2D eigenvalue weighted by Crippen LogP contribution is 2.47. The van der Waals surface area contributed by atoms with Crippen molar-refractivity contribution >= 4 is 23.4 Å². The van der Waals surface area contributed by atoms with Crippen LogP contribution in [0.5, 0.6) is 17.2 Å². The molecule has 2 atom stereocenters. The van der Waals surface area contributed by atoms with Gasteiger partial charge in [-0.3, -0.25) is 9.59 Å². The van der Waals surface area contributed by atoms with Gasteiger partial charge < -0.3 is 30.0 Å². The molecule has 1 unspecified atom stereocenters. The Balaban J connectivity index is 1.16. The average molecular weight is 505 g/mol. The van der Waals surface area contributed by atoms with Crippen LogP contribution in [0.3, 0.4) is 0 Å². The Morgan fingerprint density at radius 1 is 1.11 bits per heavy atom. The lowest BCUT2D eigenvalue weighted by Crippen LogP contribution is -2.71. The van der Waals surface area contributed by atoms with Crippen molar-refractivity contribution in [3.8, 4) is 17.2 Å². The summed E-state index contributed by atoms with van der Waals surface area (Å²) in [7, 11) is 0. The molecular formula is C25H26ClFN2O6. The van der Waals surface area contributed by atoms with Gasteiger partial charge in [0, 0.05) is 11.6 Å². The van der Waals surface area contributed by atoms with Crippen LogP contribution in [0.25, 0.3) is 0 Å². The van der Waals surface area contributed by atoms with Gasteiger partial charge in [-0.15, -0.1) is 0 Å². The van der Waals surface area contributed by atoms with Crippen LogP contribution in [0.1, 0.15) is 32.1 Å². The molecule has 4 aliphatic rings. The Morgan fingerprint density at radius 3 is 2.57 bits per heavy atom. The Kier molecular flexibility index (Phi) is 6.23. The predicted molar refractivity (Wildman–Crippen MR) is 124 cm³/mol. The Hall–Kier alpha value is -3.04. The maximum atomic E-state index is 13.6. The first-order chi connectivity index (χ1) is 16.8. The molecule has 2 aromatic rings. The third-order valence-corrected chi connectivity index (χ3v) is 7.47. The molecule has 2 aromatic carbocycles. The maximum Gasteiger partial charge on any atom is 0.265 e. The molecule has 0 spiro atoms. The minimum absolute atomic E-state index is 0.0259. The highest BCUT2D eigenvalue weighted by molar-refractivity contribution is 6.30. The van der Waals surface area contributed by atoms with E-state index < -0.39 is 29.1 Å². The number of carbonyl (C=O) groups is 2. The SMILES string of the molecule is O=C(COc1ccc(Cl)c(F)c1)NC12CCC(NC(=O)C3COc4ccccc4O3)(CC1)[C@H](O)C2. The molecule has 1 aliphatic heterocycles. The number of carbonyl (C=O) groups excluding carboxylic acids is 2. The largest absolute Gasteiger partial charge is 0.485 e. The number of fused-ring (bicyclic) bond motifs is 4. The minimum Gasteiger partial charge on any atom is -0.485 e. The van der Waals surface area contributed by atoms with Gasteiger partial charge in [0.05, 0.1) is 16.7 Å². The molecule has 35 heavy (non-hydrogen) atoms. The summed E-state index contributed by atoms with van der Waals surface area (Å²) < 4.78 is 30.4. The Labute approximate surface area is 206 Å². The number of ether oxygens (including phenoxy) is 3. The zero-order valence-corrected chi connectivity index (χ0v) is 19.6. The monoisotopic (exact) mass is 504 g/mol. The first-order valence-electron chi connectivity index (χ1n) is 11.6. The van der Waals surface area contributed by atoms with Crippen LogP contribution in [-0.4, -0.2) is 53.4 Å². The van der Waals surface area contributed by atoms with E-state index in [2.05, 4.69) is 10.6 Å². The molecule has 0 saturated heterocycles. The molecule has 10 heteroatoms. The van der Waals surface area contributed by atoms with Crippen molar-refractivity contribution in [3.05, 3.63) is 53.3 Å². The number of aliphatic hydroxyl groups excluding tert-OH is 1. The van der Waals surface area contributed by atoms with Crippen LogP contribution in [0.15, 0.2) is 42.5 Å². The van der Waals surface area contributed by atoms with Gasteiger partial charge in [-0.1, -0.05) is 23.7 Å². The molecule has 3 N–H and O–H groups in total. The van der Waals surface area contributed by atoms with Gasteiger partial charge in [0.25, 0.3) is 11.8 Å². The maximum absolute atomic E-state index is 13.6. The van der Waals surface area contributed by atoms with Crippen molar-refractivity contribution in [1.82, 2.24) is 10.6 Å². The van der Waals surface area contributed by atoms with Crippen molar-refractivity contribution in [2.45, 2.75) is 55.4 Å². The lowest BCUT2D eigenvalue weighted by atomic mass is 9.60. The van der Waals surface area contributed by atoms with Gasteiger partial charge in [0.1, 0.15) is 18.2 Å². The second-order valence-corrected chi connectivity index (χ2v) is 9.83. The Morgan fingerprint density at radius 2 is 1.86 bits per heavy atom. The fraction of sp³-hybridized carbons (Fsp3) is 0.440. The van der Waals surface area contributed by atoms with Gasteiger partial charge in [-0.25, -0.2) is 4.39 Å². The number of aliphatic hydroxyl groups is 1. The lowest BCUT2D eigenvalue weighted by Gasteiger charge is -2.56. The van der Waals surface area contributed by atoms with E-state index in [4.69, 9.17) is 25.8 Å². The molecule has 2 amide bonds. The van der Waals surface area contributed by atoms with Crippen LogP contribution in [0, 0.1) is 5.82 Å². The number of halogens is 2. The van der Waals surface area contributed by atoms with E-state index in [9.17, 15) is 19.1 Å². The van der Waals surface area contributed by atoms with E-state index in [1.807, 2.05) is 6.07 Å². The predicted octanol–water partition coefficient (Wildman–Crippen LogP) is 2.75. The summed E-state index contributed by atoms with van der Waals surface area (Å²) in [6, 6.07) is 11.1. The first-order valence-corrected chi connectivity index (χ1v) is 11.9. The summed E-state index contributed by atoms with van der Waals surface area (Å²) in [6.45, 7) is -0.201. The van der Waals surface area contributed by atoms with Crippen molar-refractivity contribution in [2.24, 2.45) is 0 Å². The summed E-state index contributed by atoms with van der Waals surface area (Å²) in [5.74, 6) is -0.0212. The van der Waals surface area contributed by atoms with E-state index >= 15 is 0 Å². The number of para-hydroxylation sites is 2. The number of hydrogen-bond donors (Lipinski definition) is 3. The zero-order valence-electron chi connectivity index (χ0n) is 18.9. The molecule has 8 nitrogen and oxygen atoms in total. The van der Waals surface area contributed by atoms with Crippen molar-refractivity contribution in [1.29, 1.82) is 0 Å². The summed E-state index contributed by atoms with van der Waals surface area (Å²) in [4.78, 5) is 25.5. The second kappa shape index (κ2) is 9.20. The molecule has 3 saturated carbocycles. The molecular weight excluding hydrogens is 479 g/mol. The van der Waals surface area contributed by atoms with Crippen LogP contribution >= 0.6 is 11.6 Å². The standard InChI is InChI=1S/C25H26ClFN2O6/c26-16-6-5-15(11-17(16)27)33-14-22(31)28-24-7-9-25(10-8-24,21(30)12-24)29-23(32)20-13-34-18-3-1-2-4-19(18)35-20/h1-6,11,20-21,30H,7-10,12-14H2,(H,28,31)(H,29,32)/t20?,21-,24?,25?/m1/s1. The molecule has 6 rings (SSSR count).